The van der Waals surface area contributed by atoms with Crippen molar-refractivity contribution in [2.24, 2.45) is 0 Å². The minimum absolute atomic E-state index is 0.0492. The van der Waals surface area contributed by atoms with Gasteiger partial charge in [0.25, 0.3) is 5.56 Å². The number of H-pyrrole nitrogens is 1. The summed E-state index contributed by atoms with van der Waals surface area (Å²) in [4.78, 5) is 48.1. The van der Waals surface area contributed by atoms with E-state index in [0.717, 1.165) is 0 Å². The Labute approximate surface area is 137 Å². The summed E-state index contributed by atoms with van der Waals surface area (Å²) in [6.45, 7) is 2.54. The molecule has 0 amide bonds. The van der Waals surface area contributed by atoms with E-state index in [4.69, 9.17) is 9.47 Å². The van der Waals surface area contributed by atoms with E-state index < -0.39 is 42.3 Å². The topological polar surface area (TPSA) is 128 Å². The molecule has 0 spiro atoms. The normalized spacial score (nSPS) is 23.2. The second kappa shape index (κ2) is 7.54. The van der Waals surface area contributed by atoms with Crippen LogP contribution in [0.25, 0.3) is 0 Å². The van der Waals surface area contributed by atoms with Crippen molar-refractivity contribution in [2.75, 3.05) is 6.61 Å². The number of carbonyl (C=O) groups is 2. The van der Waals surface area contributed by atoms with Crippen molar-refractivity contribution in [3.63, 3.8) is 0 Å². The van der Waals surface area contributed by atoms with Gasteiger partial charge in [-0.3, -0.25) is 19.1 Å². The maximum absolute atomic E-state index is 11.9. The molecule has 0 saturated carbocycles. The summed E-state index contributed by atoms with van der Waals surface area (Å²) in [6, 6.07) is 0. The number of rotatable bonds is 6. The maximum Gasteiger partial charge on any atom is 0.330 e. The van der Waals surface area contributed by atoms with Crippen LogP contribution in [0.15, 0.2) is 15.8 Å². The number of aliphatic hydroxyl groups excluding tert-OH is 1. The molecule has 0 aromatic carbocycles. The lowest BCUT2D eigenvalue weighted by Crippen LogP contribution is -2.33. The second-order valence-electron chi connectivity index (χ2n) is 5.76. The van der Waals surface area contributed by atoms with Gasteiger partial charge in [0.1, 0.15) is 24.2 Å². The van der Waals surface area contributed by atoms with Crippen LogP contribution in [-0.4, -0.2) is 45.2 Å². The number of nitrogens with zero attached hydrogens (tertiary/aromatic N) is 1. The van der Waals surface area contributed by atoms with Crippen LogP contribution in [-0.2, 0) is 19.1 Å². The largest absolute Gasteiger partial charge is 0.459 e. The molecule has 9 nitrogen and oxygen atoms in total. The van der Waals surface area contributed by atoms with Gasteiger partial charge in [-0.05, 0) is 13.8 Å². The van der Waals surface area contributed by atoms with E-state index in [0.29, 0.717) is 5.56 Å². The number of aryl methyl sites for hydroxylation is 1. The fourth-order valence-corrected chi connectivity index (χ4v) is 2.47. The first kappa shape index (κ1) is 18.1. The molecule has 24 heavy (non-hydrogen) atoms. The SMILES string of the molecule is CC(=O)CCC(=O)O[C@H]1C[C@H](n2cc(C)c(=O)[nH]c2=O)O[C@@H]1CO. The van der Waals surface area contributed by atoms with E-state index in [1.54, 1.807) is 6.92 Å². The Morgan fingerprint density at radius 1 is 1.42 bits per heavy atom. The fourth-order valence-electron chi connectivity index (χ4n) is 2.47. The molecule has 0 radical (unpaired) electrons. The summed E-state index contributed by atoms with van der Waals surface area (Å²) < 4.78 is 12.0. The van der Waals surface area contributed by atoms with E-state index >= 15 is 0 Å². The van der Waals surface area contributed by atoms with Crippen molar-refractivity contribution >= 4 is 11.8 Å². The van der Waals surface area contributed by atoms with Gasteiger partial charge in [0, 0.05) is 24.6 Å². The average Bonchev–Trinajstić information content (AvgIpc) is 2.91. The van der Waals surface area contributed by atoms with Gasteiger partial charge in [-0.1, -0.05) is 0 Å². The van der Waals surface area contributed by atoms with Crippen LogP contribution in [0.4, 0.5) is 0 Å². The zero-order valence-corrected chi connectivity index (χ0v) is 13.5. The predicted molar refractivity (Wildman–Crippen MR) is 81.5 cm³/mol. The molecule has 1 aromatic heterocycles. The van der Waals surface area contributed by atoms with Crippen LogP contribution in [0.2, 0.25) is 0 Å². The molecule has 3 atom stereocenters. The minimum Gasteiger partial charge on any atom is -0.459 e. The molecular weight excluding hydrogens is 320 g/mol. The van der Waals surface area contributed by atoms with Gasteiger partial charge in [0.15, 0.2) is 0 Å². The van der Waals surface area contributed by atoms with Gasteiger partial charge in [-0.2, -0.15) is 0 Å². The Morgan fingerprint density at radius 2 is 2.12 bits per heavy atom. The Hall–Kier alpha value is -2.26. The molecule has 2 N–H and O–H groups in total. The first-order valence-corrected chi connectivity index (χ1v) is 7.59. The van der Waals surface area contributed by atoms with Crippen molar-refractivity contribution in [1.82, 2.24) is 9.55 Å². The number of aliphatic hydroxyl groups is 1. The molecule has 1 aliphatic heterocycles. The number of carbonyl (C=O) groups excluding carboxylic acids is 2. The number of hydrogen-bond donors (Lipinski definition) is 2. The summed E-state index contributed by atoms with van der Waals surface area (Å²) in [5, 5.41) is 9.38. The monoisotopic (exact) mass is 340 g/mol. The van der Waals surface area contributed by atoms with Crippen LogP contribution in [0.1, 0.15) is 38.0 Å². The van der Waals surface area contributed by atoms with Crippen molar-refractivity contribution < 1.29 is 24.2 Å². The molecule has 0 unspecified atom stereocenters. The lowest BCUT2D eigenvalue weighted by molar-refractivity contribution is -0.153. The molecule has 1 aromatic rings. The van der Waals surface area contributed by atoms with Gasteiger partial charge >= 0.3 is 11.7 Å². The van der Waals surface area contributed by atoms with Crippen LogP contribution in [0, 0.1) is 6.92 Å². The molecule has 0 bridgehead atoms. The van der Waals surface area contributed by atoms with Gasteiger partial charge in [0.05, 0.1) is 13.0 Å². The number of nitrogens with one attached hydrogen (secondary N) is 1. The first-order valence-electron chi connectivity index (χ1n) is 7.59. The van der Waals surface area contributed by atoms with E-state index in [-0.39, 0.29) is 25.0 Å². The highest BCUT2D eigenvalue weighted by Gasteiger charge is 2.39. The van der Waals surface area contributed by atoms with E-state index in [1.807, 2.05) is 0 Å². The number of ether oxygens (including phenoxy) is 2. The van der Waals surface area contributed by atoms with Gasteiger partial charge in [0.2, 0.25) is 0 Å². The first-order chi connectivity index (χ1) is 11.3. The fraction of sp³-hybridized carbons (Fsp3) is 0.600. The molecular formula is C15H20N2O7. The Morgan fingerprint density at radius 3 is 2.75 bits per heavy atom. The highest BCUT2D eigenvalue weighted by Crippen LogP contribution is 2.30. The Kier molecular flexibility index (Phi) is 5.68. The van der Waals surface area contributed by atoms with Crippen LogP contribution in [0.5, 0.6) is 0 Å². The number of ketones is 1. The van der Waals surface area contributed by atoms with E-state index in [2.05, 4.69) is 4.98 Å². The second-order valence-corrected chi connectivity index (χ2v) is 5.76. The van der Waals surface area contributed by atoms with E-state index in [1.165, 1.54) is 17.7 Å². The summed E-state index contributed by atoms with van der Waals surface area (Å²) in [7, 11) is 0. The quantitative estimate of drug-likeness (QED) is 0.662. The van der Waals surface area contributed by atoms with Gasteiger partial charge < -0.3 is 19.4 Å². The summed E-state index contributed by atoms with van der Waals surface area (Å²) in [6.07, 6.45) is -0.738. The number of aromatic nitrogens is 2. The summed E-state index contributed by atoms with van der Waals surface area (Å²) >= 11 is 0. The average molecular weight is 340 g/mol. The molecule has 1 aliphatic rings. The lowest BCUT2D eigenvalue weighted by atomic mass is 10.1. The number of hydrogen-bond acceptors (Lipinski definition) is 7. The van der Waals surface area contributed by atoms with Crippen molar-refractivity contribution in [3.05, 3.63) is 32.6 Å². The molecule has 0 aliphatic carbocycles. The molecule has 1 saturated heterocycles. The number of aromatic amines is 1. The molecule has 132 valence electrons. The molecule has 2 rings (SSSR count). The third-order valence-electron chi connectivity index (χ3n) is 3.78. The van der Waals surface area contributed by atoms with Crippen LogP contribution >= 0.6 is 0 Å². The molecule has 9 heteroatoms. The molecule has 2 heterocycles. The Bertz CT molecular complexity index is 736. The zero-order valence-electron chi connectivity index (χ0n) is 13.5. The lowest BCUT2D eigenvalue weighted by Gasteiger charge is -2.16. The van der Waals surface area contributed by atoms with Crippen molar-refractivity contribution in [3.8, 4) is 0 Å². The van der Waals surface area contributed by atoms with Gasteiger partial charge in [-0.15, -0.1) is 0 Å². The predicted octanol–water partition coefficient (Wildman–Crippen LogP) is -0.594. The highest BCUT2D eigenvalue weighted by molar-refractivity contribution is 5.81. The third kappa shape index (κ3) is 4.18. The van der Waals surface area contributed by atoms with Crippen molar-refractivity contribution in [2.45, 2.75) is 51.5 Å². The smallest absolute Gasteiger partial charge is 0.330 e. The van der Waals surface area contributed by atoms with Crippen molar-refractivity contribution in [1.29, 1.82) is 0 Å². The number of esters is 1. The Balaban J connectivity index is 2.10. The van der Waals surface area contributed by atoms with E-state index in [9.17, 15) is 24.3 Å². The number of Topliss-reactive ketones (excluding diaryl/α,β-unsaturated/α-hetero) is 1. The van der Waals surface area contributed by atoms with Gasteiger partial charge in [-0.25, -0.2) is 4.79 Å². The van der Waals surface area contributed by atoms with Crippen LogP contribution in [0.3, 0.4) is 0 Å². The standard InChI is InChI=1S/C15H20N2O7/c1-8-6-17(15(22)16-14(8)21)12-5-10(11(7-18)23-12)24-13(20)4-3-9(2)19/h6,10-12,18H,3-5,7H2,1-2H3,(H,16,21,22)/t10-,11+,12+/m0/s1. The summed E-state index contributed by atoms with van der Waals surface area (Å²) in [5.74, 6) is -0.690. The molecule has 1 fully saturated rings. The zero-order chi connectivity index (χ0) is 17.9. The minimum atomic E-state index is -0.782. The van der Waals surface area contributed by atoms with Crippen LogP contribution < -0.4 is 11.2 Å². The summed E-state index contributed by atoms with van der Waals surface area (Å²) in [5.41, 5.74) is -0.795. The highest BCUT2D eigenvalue weighted by atomic mass is 16.6. The maximum atomic E-state index is 11.9. The third-order valence-corrected chi connectivity index (χ3v) is 3.78.